The van der Waals surface area contributed by atoms with Crippen molar-refractivity contribution in [1.29, 1.82) is 0 Å². The van der Waals surface area contributed by atoms with Crippen molar-refractivity contribution in [3.63, 3.8) is 0 Å². The van der Waals surface area contributed by atoms with Gasteiger partial charge < -0.3 is 10.1 Å². The number of rotatable bonds is 4. The van der Waals surface area contributed by atoms with Crippen LogP contribution in [0.3, 0.4) is 0 Å². The molecule has 0 spiro atoms. The maximum absolute atomic E-state index is 5.19. The largest absolute Gasteiger partial charge is 0.497 e. The number of benzene rings is 1. The number of nitrogens with zero attached hydrogens (tertiary/aromatic N) is 2. The zero-order valence-electron chi connectivity index (χ0n) is 10.9. The van der Waals surface area contributed by atoms with Crippen molar-refractivity contribution in [2.75, 3.05) is 12.4 Å². The fourth-order valence-electron chi connectivity index (χ4n) is 1.60. The molecule has 1 aromatic carbocycles. The molecule has 0 unspecified atom stereocenters. The van der Waals surface area contributed by atoms with E-state index in [-0.39, 0.29) is 0 Å². The minimum Gasteiger partial charge on any atom is -0.497 e. The number of ether oxygens (including phenoxy) is 1. The van der Waals surface area contributed by atoms with E-state index in [2.05, 4.69) is 15.3 Å². The second kappa shape index (κ2) is 5.49. The third-order valence-corrected chi connectivity index (χ3v) is 2.80. The number of anilines is 1. The first-order chi connectivity index (χ1) is 8.69. The summed E-state index contributed by atoms with van der Waals surface area (Å²) in [6.45, 7) is 4.61. The highest BCUT2D eigenvalue weighted by Gasteiger charge is 2.00. The van der Waals surface area contributed by atoms with E-state index in [0.29, 0.717) is 6.54 Å². The molecular formula is C14H17N3O. The van der Waals surface area contributed by atoms with Crippen LogP contribution in [0.1, 0.15) is 17.0 Å². The summed E-state index contributed by atoms with van der Waals surface area (Å²) in [4.78, 5) is 8.70. The van der Waals surface area contributed by atoms with Gasteiger partial charge in [0, 0.05) is 6.54 Å². The lowest BCUT2D eigenvalue weighted by molar-refractivity contribution is 0.414. The van der Waals surface area contributed by atoms with E-state index in [0.717, 1.165) is 28.5 Å². The SMILES string of the molecule is COc1cccc(CNc2cnc(C)c(C)n2)c1. The second-order valence-electron chi connectivity index (χ2n) is 4.13. The van der Waals surface area contributed by atoms with E-state index >= 15 is 0 Å². The van der Waals surface area contributed by atoms with Crippen molar-refractivity contribution < 1.29 is 4.74 Å². The molecule has 0 aliphatic heterocycles. The first-order valence-electron chi connectivity index (χ1n) is 5.86. The molecule has 0 saturated carbocycles. The molecule has 1 heterocycles. The zero-order valence-corrected chi connectivity index (χ0v) is 10.9. The van der Waals surface area contributed by atoms with Crippen LogP contribution < -0.4 is 10.1 Å². The number of aromatic nitrogens is 2. The number of methoxy groups -OCH3 is 1. The van der Waals surface area contributed by atoms with Crippen LogP contribution in [0.25, 0.3) is 0 Å². The Morgan fingerprint density at radius 3 is 2.78 bits per heavy atom. The van der Waals surface area contributed by atoms with E-state index < -0.39 is 0 Å². The molecule has 0 amide bonds. The standard InChI is InChI=1S/C14H17N3O/c1-10-11(2)17-14(9-15-10)16-8-12-5-4-6-13(7-12)18-3/h4-7,9H,8H2,1-3H3,(H,16,17). The first-order valence-corrected chi connectivity index (χ1v) is 5.86. The van der Waals surface area contributed by atoms with Crippen molar-refractivity contribution in [3.8, 4) is 5.75 Å². The summed E-state index contributed by atoms with van der Waals surface area (Å²) in [6, 6.07) is 7.95. The molecule has 1 N–H and O–H groups in total. The van der Waals surface area contributed by atoms with Crippen LogP contribution in [-0.2, 0) is 6.54 Å². The summed E-state index contributed by atoms with van der Waals surface area (Å²) >= 11 is 0. The van der Waals surface area contributed by atoms with Crippen LogP contribution in [0.15, 0.2) is 30.5 Å². The Morgan fingerprint density at radius 1 is 1.22 bits per heavy atom. The number of hydrogen-bond donors (Lipinski definition) is 1. The first kappa shape index (κ1) is 12.4. The van der Waals surface area contributed by atoms with Crippen molar-refractivity contribution in [2.45, 2.75) is 20.4 Å². The molecule has 0 bridgehead atoms. The molecule has 4 nitrogen and oxygen atoms in total. The van der Waals surface area contributed by atoms with Gasteiger partial charge in [-0.1, -0.05) is 12.1 Å². The average molecular weight is 243 g/mol. The molecular weight excluding hydrogens is 226 g/mol. The molecule has 4 heteroatoms. The quantitative estimate of drug-likeness (QED) is 0.897. The minimum absolute atomic E-state index is 0.703. The van der Waals surface area contributed by atoms with Crippen molar-refractivity contribution in [3.05, 3.63) is 47.4 Å². The van der Waals surface area contributed by atoms with Crippen molar-refractivity contribution in [1.82, 2.24) is 9.97 Å². The summed E-state index contributed by atoms with van der Waals surface area (Å²) in [5, 5.41) is 3.25. The lowest BCUT2D eigenvalue weighted by Gasteiger charge is -2.08. The number of nitrogens with one attached hydrogen (secondary N) is 1. The normalized spacial score (nSPS) is 10.2. The van der Waals surface area contributed by atoms with Crippen LogP contribution in [0.5, 0.6) is 5.75 Å². The molecule has 0 atom stereocenters. The molecule has 94 valence electrons. The van der Waals surface area contributed by atoms with Gasteiger partial charge in [-0.2, -0.15) is 0 Å². The van der Waals surface area contributed by atoms with E-state index in [9.17, 15) is 0 Å². The van der Waals surface area contributed by atoms with Crippen molar-refractivity contribution in [2.24, 2.45) is 0 Å². The average Bonchev–Trinajstić information content (AvgIpc) is 2.40. The Morgan fingerprint density at radius 2 is 2.06 bits per heavy atom. The molecule has 0 aliphatic rings. The molecule has 1 aromatic heterocycles. The van der Waals surface area contributed by atoms with Gasteiger partial charge in [-0.3, -0.25) is 4.98 Å². The van der Waals surface area contributed by atoms with Gasteiger partial charge in [-0.05, 0) is 31.5 Å². The van der Waals surface area contributed by atoms with E-state index in [1.165, 1.54) is 0 Å². The summed E-state index contributed by atoms with van der Waals surface area (Å²) in [5.41, 5.74) is 3.06. The molecule has 18 heavy (non-hydrogen) atoms. The van der Waals surface area contributed by atoms with Gasteiger partial charge in [-0.15, -0.1) is 0 Å². The molecule has 0 aliphatic carbocycles. The smallest absolute Gasteiger partial charge is 0.145 e. The Hall–Kier alpha value is -2.10. The lowest BCUT2D eigenvalue weighted by Crippen LogP contribution is -2.04. The fraction of sp³-hybridized carbons (Fsp3) is 0.286. The summed E-state index contributed by atoms with van der Waals surface area (Å²) in [6.07, 6.45) is 1.75. The Kier molecular flexibility index (Phi) is 3.77. The highest BCUT2D eigenvalue weighted by atomic mass is 16.5. The van der Waals surface area contributed by atoms with Crippen LogP contribution in [0.4, 0.5) is 5.82 Å². The monoisotopic (exact) mass is 243 g/mol. The third kappa shape index (κ3) is 2.97. The minimum atomic E-state index is 0.703. The van der Waals surface area contributed by atoms with Crippen LogP contribution >= 0.6 is 0 Å². The Bertz CT molecular complexity index is 540. The molecule has 2 aromatic rings. The summed E-state index contributed by atoms with van der Waals surface area (Å²) in [7, 11) is 1.67. The number of aryl methyl sites for hydroxylation is 2. The molecule has 2 rings (SSSR count). The molecule has 0 saturated heterocycles. The van der Waals surface area contributed by atoms with Crippen LogP contribution in [-0.4, -0.2) is 17.1 Å². The Balaban J connectivity index is 2.04. The van der Waals surface area contributed by atoms with Crippen LogP contribution in [0, 0.1) is 13.8 Å². The van der Waals surface area contributed by atoms with E-state index in [4.69, 9.17) is 4.74 Å². The maximum atomic E-state index is 5.19. The fourth-order valence-corrected chi connectivity index (χ4v) is 1.60. The zero-order chi connectivity index (χ0) is 13.0. The van der Waals surface area contributed by atoms with Gasteiger partial charge in [0.15, 0.2) is 0 Å². The predicted molar refractivity (Wildman–Crippen MR) is 71.8 cm³/mol. The van der Waals surface area contributed by atoms with Gasteiger partial charge >= 0.3 is 0 Å². The second-order valence-corrected chi connectivity index (χ2v) is 4.13. The highest BCUT2D eigenvalue weighted by molar-refractivity contribution is 5.36. The lowest BCUT2D eigenvalue weighted by atomic mass is 10.2. The topological polar surface area (TPSA) is 47.0 Å². The summed E-state index contributed by atoms with van der Waals surface area (Å²) < 4.78 is 5.19. The third-order valence-electron chi connectivity index (χ3n) is 2.80. The van der Waals surface area contributed by atoms with Gasteiger partial charge in [0.1, 0.15) is 11.6 Å². The van der Waals surface area contributed by atoms with E-state index in [1.807, 2.05) is 38.1 Å². The van der Waals surface area contributed by atoms with Crippen molar-refractivity contribution >= 4 is 5.82 Å². The molecule has 0 radical (unpaired) electrons. The van der Waals surface area contributed by atoms with Gasteiger partial charge in [0.25, 0.3) is 0 Å². The van der Waals surface area contributed by atoms with Gasteiger partial charge in [0.05, 0.1) is 24.7 Å². The molecule has 0 fully saturated rings. The Labute approximate surface area is 107 Å². The maximum Gasteiger partial charge on any atom is 0.145 e. The highest BCUT2D eigenvalue weighted by Crippen LogP contribution is 2.14. The van der Waals surface area contributed by atoms with E-state index in [1.54, 1.807) is 13.3 Å². The van der Waals surface area contributed by atoms with Gasteiger partial charge in [0.2, 0.25) is 0 Å². The predicted octanol–water partition coefficient (Wildman–Crippen LogP) is 2.71. The van der Waals surface area contributed by atoms with Crippen LogP contribution in [0.2, 0.25) is 0 Å². The number of hydrogen-bond acceptors (Lipinski definition) is 4. The van der Waals surface area contributed by atoms with Gasteiger partial charge in [-0.25, -0.2) is 4.98 Å². The summed E-state index contributed by atoms with van der Waals surface area (Å²) in [5.74, 6) is 1.65.